The first-order chi connectivity index (χ1) is 28.4. The molecular formula is C40H49F3N10O7. The molecular weight excluding hydrogens is 789 g/mol. The van der Waals surface area contributed by atoms with Gasteiger partial charge in [0.2, 0.25) is 17.7 Å². The number of alkyl carbamates (subject to hydrolysis) is 1. The Balaban J connectivity index is 0.000000896. The number of carboxylic acids is 1. The number of nitrogens with one attached hydrogen (secondary N) is 3. The number of nitrogens with zero attached hydrogens (tertiary/aromatic N) is 6. The van der Waals surface area contributed by atoms with E-state index in [0.29, 0.717) is 66.4 Å². The molecule has 2 aromatic heterocycles. The van der Waals surface area contributed by atoms with Crippen molar-refractivity contribution >= 4 is 35.5 Å². The van der Waals surface area contributed by atoms with Crippen LogP contribution in [0.4, 0.5) is 29.6 Å². The number of carboxylic acid groups (broad SMARTS) is 1. The third-order valence-electron chi connectivity index (χ3n) is 10.0. The number of imide groups is 1. The smallest absolute Gasteiger partial charge is 0.475 e. The highest BCUT2D eigenvalue weighted by atomic mass is 19.4. The Bertz CT molecular complexity index is 2130. The lowest BCUT2D eigenvalue weighted by Gasteiger charge is -2.32. The van der Waals surface area contributed by atoms with Crippen molar-refractivity contribution in [3.8, 4) is 22.5 Å². The molecule has 1 aliphatic carbocycles. The van der Waals surface area contributed by atoms with E-state index in [0.717, 1.165) is 31.5 Å². The second-order valence-electron chi connectivity index (χ2n) is 15.7. The number of halogens is 3. The van der Waals surface area contributed by atoms with Crippen LogP contribution in [0.2, 0.25) is 0 Å². The van der Waals surface area contributed by atoms with Gasteiger partial charge in [-0.1, -0.05) is 24.3 Å². The molecule has 2 aliphatic rings. The molecule has 1 atom stereocenters. The predicted octanol–water partition coefficient (Wildman–Crippen LogP) is 5.00. The van der Waals surface area contributed by atoms with Crippen LogP contribution in [0.15, 0.2) is 59.5 Å². The van der Waals surface area contributed by atoms with Gasteiger partial charge < -0.3 is 25.8 Å². The molecule has 1 aliphatic heterocycles. The van der Waals surface area contributed by atoms with Gasteiger partial charge >= 0.3 is 18.2 Å². The zero-order valence-electron chi connectivity index (χ0n) is 33.5. The van der Waals surface area contributed by atoms with Crippen LogP contribution in [0.3, 0.4) is 0 Å². The fourth-order valence-electron chi connectivity index (χ4n) is 6.93. The number of aromatic amines is 2. The molecule has 3 heterocycles. The number of nitrogens with two attached hydrogens (primary N) is 1. The third-order valence-corrected chi connectivity index (χ3v) is 10.0. The Morgan fingerprint density at radius 3 is 2.13 bits per heavy atom. The Hall–Kier alpha value is -6.18. The average Bonchev–Trinajstić information content (AvgIpc) is 3.76. The molecule has 2 aromatic carbocycles. The highest BCUT2D eigenvalue weighted by Gasteiger charge is 2.38. The fraction of sp³-hybridized carbons (Fsp3) is 0.475. The number of piperidine rings is 1. The summed E-state index contributed by atoms with van der Waals surface area (Å²) in [5, 5.41) is 24.0. The van der Waals surface area contributed by atoms with Crippen LogP contribution in [0.5, 0.6) is 0 Å². The number of tetrazole rings is 1. The van der Waals surface area contributed by atoms with Crippen molar-refractivity contribution < 1.29 is 42.2 Å². The highest BCUT2D eigenvalue weighted by molar-refractivity contribution is 6.17. The minimum atomic E-state index is -5.08. The molecule has 2 fully saturated rings. The molecule has 3 amide bonds. The van der Waals surface area contributed by atoms with Gasteiger partial charge in [0.15, 0.2) is 0 Å². The summed E-state index contributed by atoms with van der Waals surface area (Å²) in [4.78, 5) is 73.1. The van der Waals surface area contributed by atoms with Crippen LogP contribution in [-0.2, 0) is 25.5 Å². The van der Waals surface area contributed by atoms with E-state index in [9.17, 15) is 32.3 Å². The van der Waals surface area contributed by atoms with E-state index in [1.807, 2.05) is 45.0 Å². The number of amides is 3. The molecule has 20 heteroatoms. The molecule has 322 valence electrons. The lowest BCUT2D eigenvalue weighted by atomic mass is 9.81. The second-order valence-corrected chi connectivity index (χ2v) is 15.7. The summed E-state index contributed by atoms with van der Waals surface area (Å²) in [5.74, 6) is -2.82. The van der Waals surface area contributed by atoms with E-state index >= 15 is 0 Å². The van der Waals surface area contributed by atoms with Crippen LogP contribution in [0.1, 0.15) is 71.3 Å². The number of aliphatic carboxylic acids is 1. The van der Waals surface area contributed by atoms with Gasteiger partial charge in [0.05, 0.1) is 17.3 Å². The van der Waals surface area contributed by atoms with Gasteiger partial charge in [-0.15, -0.1) is 10.2 Å². The van der Waals surface area contributed by atoms with Gasteiger partial charge in [0.25, 0.3) is 11.5 Å². The minimum Gasteiger partial charge on any atom is -0.475 e. The van der Waals surface area contributed by atoms with Crippen molar-refractivity contribution in [1.82, 2.24) is 35.9 Å². The molecule has 0 unspecified atom stereocenters. The first-order valence-electron chi connectivity index (χ1n) is 19.6. The fourth-order valence-corrected chi connectivity index (χ4v) is 6.93. The molecule has 0 bridgehead atoms. The van der Waals surface area contributed by atoms with E-state index in [2.05, 4.69) is 40.8 Å². The molecule has 17 nitrogen and oxygen atoms in total. The van der Waals surface area contributed by atoms with E-state index in [4.69, 9.17) is 20.4 Å². The van der Waals surface area contributed by atoms with Crippen LogP contribution in [0.25, 0.3) is 22.5 Å². The Labute approximate surface area is 343 Å². The quantitative estimate of drug-likeness (QED) is 0.141. The number of carbonyl (C=O) groups excluding carboxylic acids is 3. The minimum absolute atomic E-state index is 0.176. The number of anilines is 2. The average molecular weight is 839 g/mol. The number of aromatic nitrogens is 6. The topological polar surface area (TPSA) is 242 Å². The molecule has 4 aromatic rings. The summed E-state index contributed by atoms with van der Waals surface area (Å²) < 4.78 is 37.1. The normalized spacial score (nSPS) is 17.4. The highest BCUT2D eigenvalue weighted by Crippen LogP contribution is 2.32. The predicted molar refractivity (Wildman–Crippen MR) is 214 cm³/mol. The van der Waals surface area contributed by atoms with Gasteiger partial charge in [-0.3, -0.25) is 19.4 Å². The molecule has 1 saturated heterocycles. The van der Waals surface area contributed by atoms with Crippen LogP contribution in [-0.4, -0.2) is 97.0 Å². The van der Waals surface area contributed by atoms with Crippen molar-refractivity contribution in [2.24, 2.45) is 17.6 Å². The zero-order valence-corrected chi connectivity index (χ0v) is 33.5. The van der Waals surface area contributed by atoms with Crippen molar-refractivity contribution in [3.63, 3.8) is 0 Å². The van der Waals surface area contributed by atoms with Crippen molar-refractivity contribution in [1.29, 1.82) is 0 Å². The Morgan fingerprint density at radius 1 is 0.967 bits per heavy atom. The van der Waals surface area contributed by atoms with Crippen LogP contribution < -0.4 is 26.4 Å². The lowest BCUT2D eigenvalue weighted by molar-refractivity contribution is -0.192. The first kappa shape index (κ1) is 44.9. The number of hydrogen-bond acceptors (Lipinski definition) is 12. The number of ether oxygens (including phenoxy) is 1. The maximum atomic E-state index is 14.2. The molecule has 6 N–H and O–H groups in total. The standard InChI is InChI=1S/C38H48N10O5.C2HF3O2/c1-38(2,3)53-37(52)41-22-25-9-13-28(14-10-25)34(50)48(29-17-15-27(16-18-29)32-43-45-46-44-32)35(51)31(39)21-24-7-11-26(12-8-24)30-23-40-36(42-33(30)49)47-19-5-4-6-20-47;3-2(4,5)1(6)7/h7-8,11-12,15-18,23,25,28,31H,4-6,9-10,13-14,19-22,39H2,1-3H3,(H,41,52)(H,40,42,49)(H,43,44,45,46);(H,6,7)/t25?,28?,31-;/m0./s1. The molecule has 6 rings (SSSR count). The number of benzene rings is 2. The zero-order chi connectivity index (χ0) is 43.6. The summed E-state index contributed by atoms with van der Waals surface area (Å²) in [7, 11) is 0. The maximum absolute atomic E-state index is 14.2. The van der Waals surface area contributed by atoms with Gasteiger partial charge in [-0.05, 0) is 119 Å². The van der Waals surface area contributed by atoms with E-state index in [1.165, 1.54) is 11.3 Å². The molecule has 0 radical (unpaired) electrons. The largest absolute Gasteiger partial charge is 0.490 e. The van der Waals surface area contributed by atoms with E-state index in [1.54, 1.807) is 30.5 Å². The summed E-state index contributed by atoms with van der Waals surface area (Å²) in [6.07, 6.45) is 2.12. The van der Waals surface area contributed by atoms with Crippen LogP contribution in [0, 0.1) is 11.8 Å². The number of alkyl halides is 3. The van der Waals surface area contributed by atoms with Gasteiger partial charge in [-0.2, -0.15) is 18.4 Å². The lowest BCUT2D eigenvalue weighted by Crippen LogP contribution is -2.50. The number of rotatable bonds is 10. The summed E-state index contributed by atoms with van der Waals surface area (Å²) in [6.45, 7) is 7.65. The third kappa shape index (κ3) is 12.4. The number of H-pyrrole nitrogens is 2. The van der Waals surface area contributed by atoms with Crippen molar-refractivity contribution in [3.05, 3.63) is 70.6 Å². The maximum Gasteiger partial charge on any atom is 0.490 e. The van der Waals surface area contributed by atoms with E-state index < -0.39 is 41.7 Å². The van der Waals surface area contributed by atoms with Crippen LogP contribution >= 0.6 is 0 Å². The SMILES string of the molecule is CC(C)(C)OC(=O)NCC1CCC(C(=O)N(C(=O)[C@@H](N)Cc2ccc(-c3cnc(N4CCCCC4)[nH]c3=O)cc2)c2ccc(-c3nn[nH]n3)cc2)CC1.O=C(O)C(F)(F)F. The Morgan fingerprint density at radius 2 is 1.58 bits per heavy atom. The monoisotopic (exact) mass is 838 g/mol. The molecule has 0 spiro atoms. The second kappa shape index (κ2) is 19.7. The number of carbonyl (C=O) groups is 4. The van der Waals surface area contributed by atoms with Gasteiger partial charge in [-0.25, -0.2) is 19.5 Å². The van der Waals surface area contributed by atoms with E-state index in [-0.39, 0.29) is 23.8 Å². The summed E-state index contributed by atoms with van der Waals surface area (Å²) in [6, 6.07) is 13.1. The van der Waals surface area contributed by atoms with Gasteiger partial charge in [0.1, 0.15) is 5.60 Å². The molecule has 60 heavy (non-hydrogen) atoms. The first-order valence-corrected chi connectivity index (χ1v) is 19.6. The summed E-state index contributed by atoms with van der Waals surface area (Å²) in [5.41, 5.74) is 8.75. The van der Waals surface area contributed by atoms with Crippen molar-refractivity contribution in [2.75, 3.05) is 29.4 Å². The van der Waals surface area contributed by atoms with Crippen molar-refractivity contribution in [2.45, 2.75) is 90.0 Å². The van der Waals surface area contributed by atoms with Gasteiger partial charge in [0, 0.05) is 37.3 Å². The number of hydrogen-bond donors (Lipinski definition) is 5. The molecule has 1 saturated carbocycles. The Kier molecular flexibility index (Phi) is 14.8. The summed E-state index contributed by atoms with van der Waals surface area (Å²) >= 11 is 0.